The van der Waals surface area contributed by atoms with Crippen molar-refractivity contribution in [3.8, 4) is 0 Å². The molecule has 2 rings (SSSR count). The van der Waals surface area contributed by atoms with Crippen LogP contribution in [-0.2, 0) is 12.6 Å². The number of nitrogens with zero attached hydrogens (tertiary/aromatic N) is 1. The van der Waals surface area contributed by atoms with Gasteiger partial charge in [0.05, 0.1) is 0 Å². The summed E-state index contributed by atoms with van der Waals surface area (Å²) in [6.45, 7) is 3.51. The molecule has 18 heavy (non-hydrogen) atoms. The largest absolute Gasteiger partial charge is 0.433 e. The SMILES string of the molecule is Cc1cc(C[C@H]2CCCNC2)cc(C(F)(F)F)n1. The van der Waals surface area contributed by atoms with Crippen LogP contribution in [0.5, 0.6) is 0 Å². The highest BCUT2D eigenvalue weighted by Gasteiger charge is 2.33. The molecule has 0 spiro atoms. The van der Waals surface area contributed by atoms with Gasteiger partial charge in [0.15, 0.2) is 0 Å². The lowest BCUT2D eigenvalue weighted by atomic mass is 9.92. The molecule has 1 saturated heterocycles. The lowest BCUT2D eigenvalue weighted by molar-refractivity contribution is -0.141. The summed E-state index contributed by atoms with van der Waals surface area (Å²) in [5.74, 6) is 0.432. The highest BCUT2D eigenvalue weighted by Crippen LogP contribution is 2.29. The van der Waals surface area contributed by atoms with Crippen LogP contribution >= 0.6 is 0 Å². The lowest BCUT2D eigenvalue weighted by Crippen LogP contribution is -2.30. The molecule has 1 aliphatic rings. The maximum Gasteiger partial charge on any atom is 0.433 e. The van der Waals surface area contributed by atoms with E-state index < -0.39 is 11.9 Å². The van der Waals surface area contributed by atoms with E-state index in [-0.39, 0.29) is 0 Å². The van der Waals surface area contributed by atoms with Gasteiger partial charge in [0.1, 0.15) is 5.69 Å². The fourth-order valence-electron chi connectivity index (χ4n) is 2.43. The first-order valence-corrected chi connectivity index (χ1v) is 6.20. The number of nitrogens with one attached hydrogen (secondary N) is 1. The van der Waals surface area contributed by atoms with E-state index in [1.807, 2.05) is 0 Å². The second kappa shape index (κ2) is 5.26. The third kappa shape index (κ3) is 3.45. The van der Waals surface area contributed by atoms with Crippen LogP contribution in [0, 0.1) is 12.8 Å². The van der Waals surface area contributed by atoms with Crippen molar-refractivity contribution < 1.29 is 13.2 Å². The van der Waals surface area contributed by atoms with E-state index >= 15 is 0 Å². The predicted molar refractivity (Wildman–Crippen MR) is 63.3 cm³/mol. The van der Waals surface area contributed by atoms with E-state index in [2.05, 4.69) is 10.3 Å². The summed E-state index contributed by atoms with van der Waals surface area (Å²) in [6.07, 6.45) is -1.48. The van der Waals surface area contributed by atoms with Crippen molar-refractivity contribution >= 4 is 0 Å². The van der Waals surface area contributed by atoms with Crippen LogP contribution in [0.15, 0.2) is 12.1 Å². The summed E-state index contributed by atoms with van der Waals surface area (Å²) >= 11 is 0. The molecule has 0 amide bonds. The number of rotatable bonds is 2. The molecule has 0 saturated carbocycles. The summed E-state index contributed by atoms with van der Waals surface area (Å²) in [5.41, 5.74) is 0.397. The number of aryl methyl sites for hydroxylation is 1. The Labute approximate surface area is 105 Å². The molecule has 1 aromatic heterocycles. The molecule has 1 aliphatic heterocycles. The lowest BCUT2D eigenvalue weighted by Gasteiger charge is -2.23. The van der Waals surface area contributed by atoms with E-state index in [1.54, 1.807) is 13.0 Å². The van der Waals surface area contributed by atoms with Crippen LogP contribution in [0.2, 0.25) is 0 Å². The van der Waals surface area contributed by atoms with Gasteiger partial charge in [0.25, 0.3) is 0 Å². The van der Waals surface area contributed by atoms with Crippen molar-refractivity contribution in [1.82, 2.24) is 10.3 Å². The van der Waals surface area contributed by atoms with E-state index in [1.165, 1.54) is 6.07 Å². The predicted octanol–water partition coefficient (Wildman–Crippen LogP) is 2.95. The number of hydrogen-bond donors (Lipinski definition) is 1. The Bertz CT molecular complexity index is 409. The van der Waals surface area contributed by atoms with Crippen LogP contribution in [0.3, 0.4) is 0 Å². The number of pyridine rings is 1. The molecule has 1 N–H and O–H groups in total. The number of aromatic nitrogens is 1. The van der Waals surface area contributed by atoms with E-state index in [0.717, 1.165) is 31.5 Å². The Morgan fingerprint density at radius 2 is 2.17 bits per heavy atom. The zero-order valence-electron chi connectivity index (χ0n) is 10.3. The van der Waals surface area contributed by atoms with Gasteiger partial charge in [-0.15, -0.1) is 0 Å². The molecule has 100 valence electrons. The highest BCUT2D eigenvalue weighted by atomic mass is 19.4. The van der Waals surface area contributed by atoms with Gasteiger partial charge in [0.2, 0.25) is 0 Å². The molecule has 2 heterocycles. The van der Waals surface area contributed by atoms with Crippen molar-refractivity contribution in [2.24, 2.45) is 5.92 Å². The first-order chi connectivity index (χ1) is 8.45. The monoisotopic (exact) mass is 258 g/mol. The molecule has 0 radical (unpaired) electrons. The van der Waals surface area contributed by atoms with E-state index in [9.17, 15) is 13.2 Å². The van der Waals surface area contributed by atoms with Gasteiger partial charge >= 0.3 is 6.18 Å². The van der Waals surface area contributed by atoms with E-state index in [0.29, 0.717) is 18.0 Å². The molecule has 0 bridgehead atoms. The zero-order valence-corrected chi connectivity index (χ0v) is 10.3. The van der Waals surface area contributed by atoms with Crippen LogP contribution in [0.25, 0.3) is 0 Å². The van der Waals surface area contributed by atoms with Crippen LogP contribution in [0.4, 0.5) is 13.2 Å². The molecule has 2 nitrogen and oxygen atoms in total. The summed E-state index contributed by atoms with van der Waals surface area (Å²) in [4.78, 5) is 3.56. The molecule has 1 atom stereocenters. The van der Waals surface area contributed by atoms with Gasteiger partial charge in [-0.3, -0.25) is 0 Å². The Morgan fingerprint density at radius 3 is 2.78 bits per heavy atom. The summed E-state index contributed by atoms with van der Waals surface area (Å²) < 4.78 is 38.0. The number of hydrogen-bond acceptors (Lipinski definition) is 2. The van der Waals surface area contributed by atoms with Gasteiger partial charge in [-0.1, -0.05) is 0 Å². The average Bonchev–Trinajstić information content (AvgIpc) is 2.28. The maximum atomic E-state index is 12.7. The number of piperidine rings is 1. The van der Waals surface area contributed by atoms with Crippen LogP contribution in [0.1, 0.15) is 29.8 Å². The number of halogens is 3. The normalized spacial score (nSPS) is 21.0. The molecule has 0 aliphatic carbocycles. The second-order valence-electron chi connectivity index (χ2n) is 4.92. The number of alkyl halides is 3. The van der Waals surface area contributed by atoms with Gasteiger partial charge in [-0.05, 0) is 62.9 Å². The molecule has 1 aromatic rings. The molecule has 5 heteroatoms. The fraction of sp³-hybridized carbons (Fsp3) is 0.615. The molecular formula is C13H17F3N2. The summed E-state index contributed by atoms with van der Waals surface area (Å²) in [6, 6.07) is 2.94. The van der Waals surface area contributed by atoms with Crippen molar-refractivity contribution in [3.05, 3.63) is 29.1 Å². The van der Waals surface area contributed by atoms with Crippen molar-refractivity contribution in [3.63, 3.8) is 0 Å². The Hall–Kier alpha value is -1.10. The Balaban J connectivity index is 2.14. The van der Waals surface area contributed by atoms with Crippen molar-refractivity contribution in [2.75, 3.05) is 13.1 Å². The molecule has 1 fully saturated rings. The topological polar surface area (TPSA) is 24.9 Å². The van der Waals surface area contributed by atoms with Crippen molar-refractivity contribution in [2.45, 2.75) is 32.4 Å². The minimum absolute atomic E-state index is 0.432. The fourth-order valence-corrected chi connectivity index (χ4v) is 2.43. The first-order valence-electron chi connectivity index (χ1n) is 6.20. The first kappa shape index (κ1) is 13.3. The van der Waals surface area contributed by atoms with Gasteiger partial charge in [0, 0.05) is 5.69 Å². The Kier molecular flexibility index (Phi) is 3.90. The second-order valence-corrected chi connectivity index (χ2v) is 4.92. The average molecular weight is 258 g/mol. The van der Waals surface area contributed by atoms with Gasteiger partial charge in [-0.2, -0.15) is 13.2 Å². The van der Waals surface area contributed by atoms with Gasteiger partial charge < -0.3 is 5.32 Å². The van der Waals surface area contributed by atoms with Crippen LogP contribution in [-0.4, -0.2) is 18.1 Å². The highest BCUT2D eigenvalue weighted by molar-refractivity contribution is 5.23. The summed E-state index contributed by atoms with van der Waals surface area (Å²) in [7, 11) is 0. The third-order valence-electron chi connectivity index (χ3n) is 3.23. The smallest absolute Gasteiger partial charge is 0.316 e. The minimum Gasteiger partial charge on any atom is -0.316 e. The zero-order chi connectivity index (χ0) is 13.2. The van der Waals surface area contributed by atoms with Crippen molar-refractivity contribution in [1.29, 1.82) is 0 Å². The summed E-state index contributed by atoms with van der Waals surface area (Å²) in [5, 5.41) is 3.28. The standard InChI is InChI=1S/C13H17F3N2/c1-9-5-11(6-10-3-2-4-17-8-10)7-12(18-9)13(14,15)16/h5,7,10,17H,2-4,6,8H2,1H3/t10-/m1/s1. The molecule has 0 aromatic carbocycles. The van der Waals surface area contributed by atoms with Crippen LogP contribution < -0.4 is 5.32 Å². The Morgan fingerprint density at radius 1 is 1.39 bits per heavy atom. The molecular weight excluding hydrogens is 241 g/mol. The van der Waals surface area contributed by atoms with Gasteiger partial charge in [-0.25, -0.2) is 4.98 Å². The maximum absolute atomic E-state index is 12.7. The third-order valence-corrected chi connectivity index (χ3v) is 3.23. The minimum atomic E-state index is -4.36. The van der Waals surface area contributed by atoms with E-state index in [4.69, 9.17) is 0 Å². The quantitative estimate of drug-likeness (QED) is 0.882. The molecule has 0 unspecified atom stereocenters.